The van der Waals surface area contributed by atoms with Crippen LogP contribution in [0.5, 0.6) is 0 Å². The van der Waals surface area contributed by atoms with Crippen molar-refractivity contribution in [1.29, 1.82) is 0 Å². The van der Waals surface area contributed by atoms with Gasteiger partial charge in [-0.15, -0.1) is 0 Å². The van der Waals surface area contributed by atoms with Gasteiger partial charge in [0, 0.05) is 30.0 Å². The van der Waals surface area contributed by atoms with E-state index in [0.717, 1.165) is 25.0 Å². The average Bonchev–Trinajstić information content (AvgIpc) is 3.23. The predicted molar refractivity (Wildman–Crippen MR) is 120 cm³/mol. The van der Waals surface area contributed by atoms with E-state index >= 15 is 0 Å². The van der Waals surface area contributed by atoms with Crippen LogP contribution in [-0.2, 0) is 12.7 Å². The number of hydrogen-bond donors (Lipinski definition) is 3. The molecule has 2 aromatic carbocycles. The quantitative estimate of drug-likeness (QED) is 0.390. The lowest BCUT2D eigenvalue weighted by atomic mass is 9.91. The third-order valence-corrected chi connectivity index (χ3v) is 6.17. The van der Waals surface area contributed by atoms with E-state index in [2.05, 4.69) is 15.7 Å². The molecule has 6 nitrogen and oxygen atoms in total. The monoisotopic (exact) mass is 493 g/mol. The summed E-state index contributed by atoms with van der Waals surface area (Å²) < 4.78 is 67.7. The fraction of sp³-hybridized carbons (Fsp3) is 0.333. The Balaban J connectivity index is 1.39. The number of nitrogens with zero attached hydrogens (tertiary/aromatic N) is 2. The normalized spacial score (nSPS) is 18.4. The molecular weight excluding hydrogens is 469 g/mol. The summed E-state index contributed by atoms with van der Waals surface area (Å²) in [7, 11) is 0. The summed E-state index contributed by atoms with van der Waals surface area (Å²) in [6.45, 7) is 0.0859. The zero-order chi connectivity index (χ0) is 25.2. The average molecular weight is 493 g/mol. The van der Waals surface area contributed by atoms with Gasteiger partial charge in [0.15, 0.2) is 5.82 Å². The number of hydrogen-bond acceptors (Lipinski definition) is 4. The number of carbonyl (C=O) groups excluding carboxylic acids is 1. The molecule has 0 atom stereocenters. The molecule has 1 fully saturated rings. The summed E-state index contributed by atoms with van der Waals surface area (Å²) in [6, 6.07) is 8.19. The molecule has 1 amide bonds. The van der Waals surface area contributed by atoms with Crippen molar-refractivity contribution in [2.24, 2.45) is 5.73 Å². The number of nitrogens with two attached hydrogens (primary N) is 1. The number of alkyl halides is 3. The molecule has 0 spiro atoms. The standard InChI is InChI=1S/C24H24F5N5O/c25-20-2-1-3-21(26)18(20)12-31-15-8-10-17(11-9-15)34-13-19(22(30)35)23(33-34)32-16-6-4-14(5-7-16)24(27,28)29/h1-7,13,15,17,31H,8-12H2,(H2,30,35)(H,32,33). The number of primary amides is 1. The molecule has 4 N–H and O–H groups in total. The number of nitrogens with one attached hydrogen (secondary N) is 2. The van der Waals surface area contributed by atoms with Gasteiger partial charge in [-0.1, -0.05) is 6.07 Å². The van der Waals surface area contributed by atoms with Crippen molar-refractivity contribution >= 4 is 17.4 Å². The number of carbonyl (C=O) groups is 1. The third-order valence-electron chi connectivity index (χ3n) is 6.17. The van der Waals surface area contributed by atoms with Crippen molar-refractivity contribution in [2.45, 2.75) is 50.5 Å². The van der Waals surface area contributed by atoms with Gasteiger partial charge in [-0.05, 0) is 62.1 Å². The molecule has 4 rings (SSSR count). The van der Waals surface area contributed by atoms with E-state index in [9.17, 15) is 26.7 Å². The van der Waals surface area contributed by atoms with Crippen LogP contribution >= 0.6 is 0 Å². The molecule has 1 aliphatic rings. The Morgan fingerprint density at radius 2 is 1.66 bits per heavy atom. The first-order valence-electron chi connectivity index (χ1n) is 11.1. The molecule has 1 heterocycles. The van der Waals surface area contributed by atoms with Gasteiger partial charge in [0.25, 0.3) is 5.91 Å². The van der Waals surface area contributed by atoms with Crippen molar-refractivity contribution in [3.05, 3.63) is 77.0 Å². The van der Waals surface area contributed by atoms with Crippen molar-refractivity contribution in [3.8, 4) is 0 Å². The van der Waals surface area contributed by atoms with Gasteiger partial charge < -0.3 is 16.4 Å². The van der Waals surface area contributed by atoms with E-state index in [-0.39, 0.29) is 35.6 Å². The summed E-state index contributed by atoms with van der Waals surface area (Å²) in [5.41, 5.74) is 5.16. The summed E-state index contributed by atoms with van der Waals surface area (Å²) in [4.78, 5) is 11.9. The van der Waals surface area contributed by atoms with Gasteiger partial charge in [0.2, 0.25) is 0 Å². The molecular formula is C24H24F5N5O. The number of amides is 1. The highest BCUT2D eigenvalue weighted by atomic mass is 19.4. The van der Waals surface area contributed by atoms with E-state index in [0.29, 0.717) is 18.5 Å². The Labute approximate surface area is 198 Å². The van der Waals surface area contributed by atoms with Crippen LogP contribution in [-0.4, -0.2) is 21.7 Å². The van der Waals surface area contributed by atoms with Crippen LogP contribution in [0.15, 0.2) is 48.7 Å². The molecule has 3 aromatic rings. The first-order chi connectivity index (χ1) is 16.6. The number of halogens is 5. The van der Waals surface area contributed by atoms with Crippen LogP contribution in [0.1, 0.15) is 53.2 Å². The Kier molecular flexibility index (Phi) is 7.06. The Bertz CT molecular complexity index is 1160. The number of benzene rings is 2. The van der Waals surface area contributed by atoms with Crippen LogP contribution in [0, 0.1) is 11.6 Å². The van der Waals surface area contributed by atoms with Gasteiger partial charge >= 0.3 is 6.18 Å². The maximum atomic E-state index is 13.8. The van der Waals surface area contributed by atoms with Crippen molar-refractivity contribution in [2.75, 3.05) is 5.32 Å². The van der Waals surface area contributed by atoms with Gasteiger partial charge in [-0.2, -0.15) is 18.3 Å². The Morgan fingerprint density at radius 1 is 1.03 bits per heavy atom. The van der Waals surface area contributed by atoms with Crippen LogP contribution in [0.2, 0.25) is 0 Å². The lowest BCUT2D eigenvalue weighted by Crippen LogP contribution is -2.34. The van der Waals surface area contributed by atoms with Crippen molar-refractivity contribution in [1.82, 2.24) is 15.1 Å². The van der Waals surface area contributed by atoms with Gasteiger partial charge in [0.1, 0.15) is 17.2 Å². The predicted octanol–water partition coefficient (Wildman–Crippen LogP) is 5.30. The molecule has 0 bridgehead atoms. The Morgan fingerprint density at radius 3 is 2.23 bits per heavy atom. The SMILES string of the molecule is NC(=O)c1cn(C2CCC(NCc3c(F)cccc3F)CC2)nc1Nc1ccc(C(F)(F)F)cc1. The maximum absolute atomic E-state index is 13.8. The largest absolute Gasteiger partial charge is 0.416 e. The highest BCUT2D eigenvalue weighted by Gasteiger charge is 2.30. The minimum absolute atomic E-state index is 0.00628. The maximum Gasteiger partial charge on any atom is 0.416 e. The molecule has 186 valence electrons. The van der Waals surface area contributed by atoms with Gasteiger partial charge in [-0.3, -0.25) is 9.48 Å². The van der Waals surface area contributed by atoms with Crippen LogP contribution < -0.4 is 16.4 Å². The zero-order valence-corrected chi connectivity index (χ0v) is 18.6. The minimum atomic E-state index is -4.45. The second-order valence-electron chi connectivity index (χ2n) is 8.52. The third kappa shape index (κ3) is 5.79. The summed E-state index contributed by atoms with van der Waals surface area (Å²) in [6.07, 6.45) is -0.0477. The van der Waals surface area contributed by atoms with E-state index < -0.39 is 29.3 Å². The van der Waals surface area contributed by atoms with E-state index in [1.54, 1.807) is 4.68 Å². The van der Waals surface area contributed by atoms with Crippen LogP contribution in [0.4, 0.5) is 33.5 Å². The molecule has 1 aromatic heterocycles. The summed E-state index contributed by atoms with van der Waals surface area (Å²) in [5, 5.41) is 10.5. The van der Waals surface area contributed by atoms with E-state index in [1.165, 1.54) is 36.5 Å². The van der Waals surface area contributed by atoms with Crippen molar-refractivity contribution < 1.29 is 26.7 Å². The summed E-state index contributed by atoms with van der Waals surface area (Å²) in [5.74, 6) is -1.73. The second kappa shape index (κ2) is 10.0. The Hall–Kier alpha value is -3.47. The van der Waals surface area contributed by atoms with Crippen LogP contribution in [0.25, 0.3) is 0 Å². The number of aromatic nitrogens is 2. The molecule has 0 radical (unpaired) electrons. The lowest BCUT2D eigenvalue weighted by molar-refractivity contribution is -0.137. The minimum Gasteiger partial charge on any atom is -0.365 e. The van der Waals surface area contributed by atoms with Crippen molar-refractivity contribution in [3.63, 3.8) is 0 Å². The molecule has 0 saturated heterocycles. The highest BCUT2D eigenvalue weighted by molar-refractivity contribution is 5.98. The van der Waals surface area contributed by atoms with Gasteiger partial charge in [0.05, 0.1) is 11.6 Å². The first kappa shape index (κ1) is 24.6. The first-order valence-corrected chi connectivity index (χ1v) is 11.1. The molecule has 11 heteroatoms. The van der Waals surface area contributed by atoms with E-state index in [1.807, 2.05) is 0 Å². The highest BCUT2D eigenvalue weighted by Crippen LogP contribution is 2.32. The summed E-state index contributed by atoms with van der Waals surface area (Å²) >= 11 is 0. The van der Waals surface area contributed by atoms with Gasteiger partial charge in [-0.25, -0.2) is 8.78 Å². The fourth-order valence-corrected chi connectivity index (χ4v) is 4.22. The molecule has 1 aliphatic carbocycles. The smallest absolute Gasteiger partial charge is 0.365 e. The topological polar surface area (TPSA) is 85.0 Å². The molecule has 35 heavy (non-hydrogen) atoms. The number of rotatable bonds is 7. The number of anilines is 2. The van der Waals surface area contributed by atoms with E-state index in [4.69, 9.17) is 5.73 Å². The second-order valence-corrected chi connectivity index (χ2v) is 8.52. The zero-order valence-electron chi connectivity index (χ0n) is 18.6. The molecule has 0 unspecified atom stereocenters. The molecule has 1 saturated carbocycles. The lowest BCUT2D eigenvalue weighted by Gasteiger charge is -2.29. The molecule has 0 aliphatic heterocycles. The fourth-order valence-electron chi connectivity index (χ4n) is 4.22. The van der Waals surface area contributed by atoms with Crippen LogP contribution in [0.3, 0.4) is 0 Å².